The fourth-order valence-electron chi connectivity index (χ4n) is 7.80. The number of nitrogens with two attached hydrogens (primary N) is 1. The lowest BCUT2D eigenvalue weighted by atomic mass is 9.98. The number of aromatic nitrogens is 5. The minimum Gasteiger partial charge on any atom is -0.497 e. The molecule has 8 aromatic rings. The first-order chi connectivity index (χ1) is 34.1. The molecule has 2 heterocycles. The number of benzene rings is 6. The zero-order valence-corrected chi connectivity index (χ0v) is 42.4. The number of hydrogen-bond donors (Lipinski definition) is 3. The maximum atomic E-state index is 16.3. The lowest BCUT2D eigenvalue weighted by Crippen LogP contribution is -2.48. The van der Waals surface area contributed by atoms with Crippen molar-refractivity contribution in [1.29, 1.82) is 0 Å². The van der Waals surface area contributed by atoms with E-state index in [1.54, 1.807) is 110 Å². The van der Waals surface area contributed by atoms with Crippen LogP contribution in [0, 0.1) is 0 Å². The zero-order chi connectivity index (χ0) is 50.3. The van der Waals surface area contributed by atoms with Gasteiger partial charge < -0.3 is 29.8 Å². The Morgan fingerprint density at radius 1 is 0.761 bits per heavy atom. The average molecular weight is 1080 g/mol. The van der Waals surface area contributed by atoms with Gasteiger partial charge in [-0.2, -0.15) is 9.10 Å². The first-order valence-corrected chi connectivity index (χ1v) is 26.2. The number of carbonyl (C=O) groups is 1. The molecule has 0 spiro atoms. The van der Waals surface area contributed by atoms with E-state index in [1.165, 1.54) is 42.5 Å². The second-order valence-corrected chi connectivity index (χ2v) is 21.9. The van der Waals surface area contributed by atoms with Gasteiger partial charge in [-0.15, -0.1) is 21.5 Å². The maximum absolute atomic E-state index is 16.3. The van der Waals surface area contributed by atoms with Crippen LogP contribution >= 0.6 is 27.3 Å². The van der Waals surface area contributed by atoms with Gasteiger partial charge in [0.2, 0.25) is 25.9 Å². The largest absolute Gasteiger partial charge is 0.497 e. The third kappa shape index (κ3) is 11.9. The van der Waals surface area contributed by atoms with E-state index in [0.29, 0.717) is 48.9 Å². The minimum absolute atomic E-state index is 0.0859. The van der Waals surface area contributed by atoms with Crippen molar-refractivity contribution >= 4 is 63.6 Å². The second-order valence-electron chi connectivity index (χ2n) is 16.0. The van der Waals surface area contributed by atoms with E-state index in [0.717, 1.165) is 14.6 Å². The van der Waals surface area contributed by atoms with E-state index in [2.05, 4.69) is 31.0 Å². The molecule has 0 aliphatic heterocycles. The van der Waals surface area contributed by atoms with Crippen LogP contribution in [-0.4, -0.2) is 97.6 Å². The van der Waals surface area contributed by atoms with E-state index >= 15 is 16.8 Å². The molecule has 71 heavy (non-hydrogen) atoms. The number of primary amides is 1. The Labute approximate surface area is 422 Å². The first kappa shape index (κ1) is 50.6. The molecule has 0 aliphatic rings. The average Bonchev–Trinajstić information content (AvgIpc) is 4.01. The van der Waals surface area contributed by atoms with E-state index in [-0.39, 0.29) is 43.0 Å². The van der Waals surface area contributed by atoms with Gasteiger partial charge >= 0.3 is 6.09 Å². The van der Waals surface area contributed by atoms with Gasteiger partial charge in [0.15, 0.2) is 3.92 Å². The number of aliphatic hydroxyl groups excluding tert-OH is 1. The SMILES string of the molecule is COc1ccc(CN(Cc2ccc(OC)cc2)S(=O)(=O)c2c(S(=O)(=O)NC(COC(N)=O)C(O)Cc3ccccc3)ccc(-c3cccc4sc(Br)nc34)c2-c2nnn(Cc3ccc(OC)cc3)n2)cc1. The number of halogens is 1. The van der Waals surface area contributed by atoms with Gasteiger partial charge in [0.1, 0.15) is 33.6 Å². The Kier molecular flexibility index (Phi) is 15.7. The summed E-state index contributed by atoms with van der Waals surface area (Å²) in [5.74, 6) is 1.45. The van der Waals surface area contributed by atoms with Gasteiger partial charge in [0.25, 0.3) is 0 Å². The summed E-state index contributed by atoms with van der Waals surface area (Å²) in [5, 5.41) is 25.1. The molecule has 2 atom stereocenters. The monoisotopic (exact) mass is 1080 g/mol. The standard InChI is InChI=1S/C49H47BrN8O10S3/c1-65-35-18-12-32(13-19-35)27-57(28-33-14-20-36(66-2)21-15-33)71(63,64)46-43(70(61,62)55-40(30-68-49(51)60)41(59)26-31-8-5-4-6-9-31)25-24-38(39-10-7-11-42-45(39)52-48(50)69-42)44(46)47-53-56-58(54-47)29-34-16-22-37(67-3)23-17-34/h4-25,40-41,55,59H,26-30H2,1-3H3,(H2,51,60). The summed E-state index contributed by atoms with van der Waals surface area (Å²) in [6.07, 6.45) is -2.82. The molecule has 2 unspecified atom stereocenters. The molecule has 4 N–H and O–H groups in total. The van der Waals surface area contributed by atoms with Crippen molar-refractivity contribution in [3.05, 3.63) is 160 Å². The summed E-state index contributed by atoms with van der Waals surface area (Å²) in [6.45, 7) is -1.14. The number of methoxy groups -OCH3 is 3. The number of para-hydroxylation sites is 1. The predicted molar refractivity (Wildman–Crippen MR) is 270 cm³/mol. The van der Waals surface area contributed by atoms with Crippen LogP contribution in [0.2, 0.25) is 0 Å². The molecule has 2 aromatic heterocycles. The number of aliphatic hydroxyl groups is 1. The summed E-state index contributed by atoms with van der Waals surface area (Å²) >= 11 is 4.84. The number of nitrogens with one attached hydrogen (secondary N) is 1. The normalized spacial score (nSPS) is 12.7. The van der Waals surface area contributed by atoms with E-state index in [4.69, 9.17) is 34.8 Å². The van der Waals surface area contributed by atoms with Gasteiger partial charge in [-0.05, 0) is 97.5 Å². The molecule has 8 rings (SSSR count). The third-order valence-electron chi connectivity index (χ3n) is 11.4. The molecule has 0 bridgehead atoms. The third-order valence-corrected chi connectivity index (χ3v) is 16.4. The molecule has 368 valence electrons. The molecular formula is C49H47BrN8O10S3. The van der Waals surface area contributed by atoms with Gasteiger partial charge in [-0.25, -0.2) is 31.3 Å². The molecular weight excluding hydrogens is 1040 g/mol. The van der Waals surface area contributed by atoms with Crippen LogP contribution < -0.4 is 24.7 Å². The quantitative estimate of drug-likeness (QED) is 0.0646. The maximum Gasteiger partial charge on any atom is 0.404 e. The van der Waals surface area contributed by atoms with Crippen molar-refractivity contribution in [2.45, 2.75) is 48.0 Å². The Balaban J connectivity index is 1.38. The van der Waals surface area contributed by atoms with Gasteiger partial charge in [-0.3, -0.25) is 0 Å². The van der Waals surface area contributed by atoms with E-state index in [9.17, 15) is 9.90 Å². The number of fused-ring (bicyclic) bond motifs is 1. The van der Waals surface area contributed by atoms with Crippen LogP contribution in [0.5, 0.6) is 17.2 Å². The highest BCUT2D eigenvalue weighted by atomic mass is 79.9. The van der Waals surface area contributed by atoms with Crippen LogP contribution in [0.25, 0.3) is 32.7 Å². The Morgan fingerprint density at radius 2 is 1.35 bits per heavy atom. The molecule has 1 amide bonds. The highest BCUT2D eigenvalue weighted by Crippen LogP contribution is 2.44. The van der Waals surface area contributed by atoms with Crippen molar-refractivity contribution in [2.24, 2.45) is 5.73 Å². The first-order valence-electron chi connectivity index (χ1n) is 21.7. The lowest BCUT2D eigenvalue weighted by molar-refractivity contribution is 0.0852. The van der Waals surface area contributed by atoms with Gasteiger partial charge in [0, 0.05) is 25.1 Å². The fraction of sp³-hybridized carbons (Fsp3) is 0.204. The van der Waals surface area contributed by atoms with Crippen molar-refractivity contribution in [3.63, 3.8) is 0 Å². The number of thiazole rings is 1. The molecule has 6 aromatic carbocycles. The smallest absolute Gasteiger partial charge is 0.404 e. The number of ether oxygens (including phenoxy) is 4. The van der Waals surface area contributed by atoms with Crippen molar-refractivity contribution in [2.75, 3.05) is 27.9 Å². The highest BCUT2D eigenvalue weighted by Gasteiger charge is 2.40. The Bertz CT molecular complexity index is 3310. The minimum atomic E-state index is -5.07. The number of amides is 1. The molecule has 0 fully saturated rings. The summed E-state index contributed by atoms with van der Waals surface area (Å²) in [7, 11) is -5.56. The molecule has 18 nitrogen and oxygen atoms in total. The summed E-state index contributed by atoms with van der Waals surface area (Å²) < 4.78 is 89.3. The Hall–Kier alpha value is -6.79. The van der Waals surface area contributed by atoms with Gasteiger partial charge in [0.05, 0.1) is 55.8 Å². The number of carbonyl (C=O) groups excluding carboxylic acids is 1. The van der Waals surface area contributed by atoms with Crippen LogP contribution in [0.15, 0.2) is 147 Å². The lowest BCUT2D eigenvalue weighted by Gasteiger charge is -2.28. The van der Waals surface area contributed by atoms with Crippen molar-refractivity contribution in [3.8, 4) is 39.8 Å². The van der Waals surface area contributed by atoms with Crippen LogP contribution in [-0.2, 0) is 50.8 Å². The zero-order valence-electron chi connectivity index (χ0n) is 38.4. The Morgan fingerprint density at radius 3 is 1.93 bits per heavy atom. The number of rotatable bonds is 21. The second kappa shape index (κ2) is 22.1. The van der Waals surface area contributed by atoms with Gasteiger partial charge in [-0.1, -0.05) is 84.9 Å². The summed E-state index contributed by atoms with van der Waals surface area (Å²) in [6, 6.07) is 35.9. The molecule has 0 aliphatic carbocycles. The van der Waals surface area contributed by atoms with Crippen LogP contribution in [0.4, 0.5) is 4.79 Å². The van der Waals surface area contributed by atoms with E-state index in [1.807, 2.05) is 18.2 Å². The predicted octanol–water partition coefficient (Wildman–Crippen LogP) is 7.19. The van der Waals surface area contributed by atoms with Crippen molar-refractivity contribution in [1.82, 2.24) is 34.2 Å². The molecule has 0 saturated carbocycles. The van der Waals surface area contributed by atoms with Crippen molar-refractivity contribution < 1.29 is 45.7 Å². The molecule has 22 heteroatoms. The van der Waals surface area contributed by atoms with E-state index < -0.39 is 54.7 Å². The highest BCUT2D eigenvalue weighted by molar-refractivity contribution is 9.11. The summed E-state index contributed by atoms with van der Waals surface area (Å²) in [5.41, 5.74) is 8.73. The number of sulfonamides is 2. The van der Waals surface area contributed by atoms with Crippen LogP contribution in [0.3, 0.4) is 0 Å². The molecule has 0 saturated heterocycles. The number of tetrazole rings is 1. The van der Waals surface area contributed by atoms with Crippen LogP contribution in [0.1, 0.15) is 22.3 Å². The molecule has 0 radical (unpaired) electrons. The number of hydrogen-bond acceptors (Lipinski definition) is 15. The topological polar surface area (TPSA) is 240 Å². The number of nitrogens with zero attached hydrogens (tertiary/aromatic N) is 6. The summed E-state index contributed by atoms with van der Waals surface area (Å²) in [4.78, 5) is 16.5. The fourth-order valence-corrected chi connectivity index (χ4v) is 12.9.